The molecule has 4 heteroatoms. The molecule has 2 N–H and O–H groups in total. The molecule has 1 aromatic rings. The molecular weight excluding hydrogens is 240 g/mol. The van der Waals surface area contributed by atoms with E-state index in [2.05, 4.69) is 17.6 Å². The fraction of sp³-hybridized carbons (Fsp3) is 0.533. The van der Waals surface area contributed by atoms with Crippen LogP contribution in [0.25, 0.3) is 0 Å². The van der Waals surface area contributed by atoms with E-state index in [0.717, 1.165) is 43.0 Å². The van der Waals surface area contributed by atoms with Gasteiger partial charge in [0.1, 0.15) is 0 Å². The van der Waals surface area contributed by atoms with Crippen LogP contribution in [0.15, 0.2) is 18.2 Å². The Hall–Kier alpha value is -1.55. The Morgan fingerprint density at radius 3 is 2.95 bits per heavy atom. The minimum atomic E-state index is -0.00181. The molecule has 1 unspecified atom stereocenters. The van der Waals surface area contributed by atoms with E-state index in [9.17, 15) is 4.79 Å². The minimum absolute atomic E-state index is 0.00181. The number of hydrogen-bond acceptors (Lipinski definition) is 3. The summed E-state index contributed by atoms with van der Waals surface area (Å²) in [7, 11) is 0. The van der Waals surface area contributed by atoms with E-state index in [-0.39, 0.29) is 5.91 Å². The zero-order chi connectivity index (χ0) is 13.7. The Morgan fingerprint density at radius 1 is 1.47 bits per heavy atom. The molecule has 104 valence electrons. The number of rotatable bonds is 5. The van der Waals surface area contributed by atoms with Crippen LogP contribution < -0.4 is 10.6 Å². The number of amides is 1. The molecule has 2 rings (SSSR count). The van der Waals surface area contributed by atoms with Gasteiger partial charge < -0.3 is 15.4 Å². The van der Waals surface area contributed by atoms with Crippen molar-refractivity contribution >= 4 is 11.6 Å². The molecule has 1 aromatic carbocycles. The molecule has 0 spiro atoms. The number of benzene rings is 1. The summed E-state index contributed by atoms with van der Waals surface area (Å²) in [5, 5.41) is 6.25. The van der Waals surface area contributed by atoms with Gasteiger partial charge in [-0.3, -0.25) is 4.79 Å². The van der Waals surface area contributed by atoms with Crippen LogP contribution in [-0.4, -0.2) is 32.2 Å². The van der Waals surface area contributed by atoms with Gasteiger partial charge in [0, 0.05) is 36.9 Å². The van der Waals surface area contributed by atoms with Crippen LogP contribution in [0.2, 0.25) is 0 Å². The number of nitrogens with one attached hydrogen (secondary N) is 2. The number of hydrogen-bond donors (Lipinski definition) is 2. The van der Waals surface area contributed by atoms with Crippen molar-refractivity contribution in [2.45, 2.75) is 20.3 Å². The first kappa shape index (κ1) is 13.9. The van der Waals surface area contributed by atoms with Gasteiger partial charge in [-0.05, 0) is 44.0 Å². The second-order valence-electron chi connectivity index (χ2n) is 5.00. The van der Waals surface area contributed by atoms with E-state index >= 15 is 0 Å². The maximum atomic E-state index is 12.1. The van der Waals surface area contributed by atoms with E-state index in [4.69, 9.17) is 4.74 Å². The molecule has 0 radical (unpaired) electrons. The summed E-state index contributed by atoms with van der Waals surface area (Å²) >= 11 is 0. The predicted octanol–water partition coefficient (Wildman–Crippen LogP) is 2.19. The van der Waals surface area contributed by atoms with Gasteiger partial charge in [-0.25, -0.2) is 0 Å². The second-order valence-corrected chi connectivity index (χ2v) is 5.00. The maximum Gasteiger partial charge on any atom is 0.251 e. The van der Waals surface area contributed by atoms with Crippen molar-refractivity contribution in [2.75, 3.05) is 31.6 Å². The van der Waals surface area contributed by atoms with Crippen molar-refractivity contribution in [3.63, 3.8) is 0 Å². The van der Waals surface area contributed by atoms with E-state index < -0.39 is 0 Å². The van der Waals surface area contributed by atoms with Crippen molar-refractivity contribution in [3.05, 3.63) is 29.3 Å². The molecule has 1 heterocycles. The highest BCUT2D eigenvalue weighted by molar-refractivity contribution is 5.94. The standard InChI is InChI=1S/C15H22N2O2/c1-3-16-14-5-4-13(8-11(14)2)15(18)17-9-12-6-7-19-10-12/h4-5,8,12,16H,3,6-7,9-10H2,1-2H3,(H,17,18). The highest BCUT2D eigenvalue weighted by Crippen LogP contribution is 2.16. The monoisotopic (exact) mass is 262 g/mol. The van der Waals surface area contributed by atoms with Crippen LogP contribution in [0.1, 0.15) is 29.3 Å². The highest BCUT2D eigenvalue weighted by Gasteiger charge is 2.16. The molecule has 4 nitrogen and oxygen atoms in total. The van der Waals surface area contributed by atoms with Crippen LogP contribution in [0.5, 0.6) is 0 Å². The molecule has 1 aliphatic heterocycles. The molecule has 0 aliphatic carbocycles. The Morgan fingerprint density at radius 2 is 2.32 bits per heavy atom. The Labute approximate surface area is 114 Å². The number of carbonyl (C=O) groups excluding carboxylic acids is 1. The smallest absolute Gasteiger partial charge is 0.251 e. The average Bonchev–Trinajstić information content (AvgIpc) is 2.91. The molecule has 0 saturated carbocycles. The molecule has 19 heavy (non-hydrogen) atoms. The summed E-state index contributed by atoms with van der Waals surface area (Å²) in [4.78, 5) is 12.1. The van der Waals surface area contributed by atoms with Gasteiger partial charge in [-0.15, -0.1) is 0 Å². The normalized spacial score (nSPS) is 18.3. The van der Waals surface area contributed by atoms with Crippen LogP contribution in [0.4, 0.5) is 5.69 Å². The van der Waals surface area contributed by atoms with Gasteiger partial charge in [0.25, 0.3) is 5.91 Å². The first-order chi connectivity index (χ1) is 9.20. The number of ether oxygens (including phenoxy) is 1. The van der Waals surface area contributed by atoms with Crippen molar-refractivity contribution in [1.82, 2.24) is 5.32 Å². The van der Waals surface area contributed by atoms with Gasteiger partial charge in [-0.2, -0.15) is 0 Å². The number of anilines is 1. The molecule has 1 amide bonds. The third-order valence-corrected chi connectivity index (χ3v) is 3.43. The first-order valence-electron chi connectivity index (χ1n) is 6.91. The van der Waals surface area contributed by atoms with Crippen LogP contribution in [0.3, 0.4) is 0 Å². The van der Waals surface area contributed by atoms with Crippen LogP contribution >= 0.6 is 0 Å². The summed E-state index contributed by atoms with van der Waals surface area (Å²) in [6.45, 7) is 7.24. The fourth-order valence-corrected chi connectivity index (χ4v) is 2.28. The summed E-state index contributed by atoms with van der Waals surface area (Å²) in [6, 6.07) is 5.76. The van der Waals surface area contributed by atoms with E-state index in [1.165, 1.54) is 0 Å². The number of carbonyl (C=O) groups is 1. The third-order valence-electron chi connectivity index (χ3n) is 3.43. The van der Waals surface area contributed by atoms with Crippen LogP contribution in [-0.2, 0) is 4.74 Å². The molecule has 1 aliphatic rings. The second kappa shape index (κ2) is 6.57. The summed E-state index contributed by atoms with van der Waals surface area (Å²) in [5.74, 6) is 0.462. The summed E-state index contributed by atoms with van der Waals surface area (Å²) < 4.78 is 5.30. The molecule has 1 fully saturated rings. The average molecular weight is 262 g/mol. The minimum Gasteiger partial charge on any atom is -0.385 e. The van der Waals surface area contributed by atoms with Crippen molar-refractivity contribution in [2.24, 2.45) is 5.92 Å². The Balaban J connectivity index is 1.92. The van der Waals surface area contributed by atoms with Crippen molar-refractivity contribution in [3.8, 4) is 0 Å². The molecule has 1 saturated heterocycles. The van der Waals surface area contributed by atoms with Gasteiger partial charge in [-0.1, -0.05) is 0 Å². The lowest BCUT2D eigenvalue weighted by Gasteiger charge is -2.12. The van der Waals surface area contributed by atoms with Gasteiger partial charge in [0.2, 0.25) is 0 Å². The quantitative estimate of drug-likeness (QED) is 0.855. The summed E-state index contributed by atoms with van der Waals surface area (Å²) in [6.07, 6.45) is 1.04. The predicted molar refractivity (Wildman–Crippen MR) is 76.6 cm³/mol. The van der Waals surface area contributed by atoms with Crippen LogP contribution in [0, 0.1) is 12.8 Å². The lowest BCUT2D eigenvalue weighted by Crippen LogP contribution is -2.29. The maximum absolute atomic E-state index is 12.1. The topological polar surface area (TPSA) is 50.4 Å². The lowest BCUT2D eigenvalue weighted by molar-refractivity contribution is 0.0945. The molecule has 1 atom stereocenters. The lowest BCUT2D eigenvalue weighted by atomic mass is 10.1. The molecular formula is C15H22N2O2. The van der Waals surface area contributed by atoms with E-state index in [1.54, 1.807) is 0 Å². The number of aryl methyl sites for hydroxylation is 1. The van der Waals surface area contributed by atoms with E-state index in [0.29, 0.717) is 12.5 Å². The molecule has 0 bridgehead atoms. The van der Waals surface area contributed by atoms with Gasteiger partial charge in [0.15, 0.2) is 0 Å². The SMILES string of the molecule is CCNc1ccc(C(=O)NCC2CCOC2)cc1C. The Kier molecular flexibility index (Phi) is 4.80. The molecule has 0 aromatic heterocycles. The first-order valence-corrected chi connectivity index (χ1v) is 6.91. The largest absolute Gasteiger partial charge is 0.385 e. The third kappa shape index (κ3) is 3.70. The highest BCUT2D eigenvalue weighted by atomic mass is 16.5. The summed E-state index contributed by atoms with van der Waals surface area (Å²) in [5.41, 5.74) is 2.90. The van der Waals surface area contributed by atoms with Crippen molar-refractivity contribution in [1.29, 1.82) is 0 Å². The van der Waals surface area contributed by atoms with Crippen molar-refractivity contribution < 1.29 is 9.53 Å². The zero-order valence-corrected chi connectivity index (χ0v) is 11.7. The van der Waals surface area contributed by atoms with E-state index in [1.807, 2.05) is 25.1 Å². The Bertz CT molecular complexity index is 440. The fourth-order valence-electron chi connectivity index (χ4n) is 2.28. The van der Waals surface area contributed by atoms with Gasteiger partial charge >= 0.3 is 0 Å². The zero-order valence-electron chi connectivity index (χ0n) is 11.7. The van der Waals surface area contributed by atoms with Gasteiger partial charge in [0.05, 0.1) is 6.61 Å².